The van der Waals surface area contributed by atoms with E-state index >= 15 is 0 Å². The number of rotatable bonds is 10. The Morgan fingerprint density at radius 3 is 2.42 bits per heavy atom. The van der Waals surface area contributed by atoms with Crippen LogP contribution in [0.25, 0.3) is 0 Å². The monoisotopic (exact) mass is 267 g/mol. The van der Waals surface area contributed by atoms with E-state index in [1.807, 2.05) is 17.0 Å². The second kappa shape index (κ2) is 8.97. The fourth-order valence-corrected chi connectivity index (χ4v) is 2.26. The predicted molar refractivity (Wildman–Crippen MR) is 80.6 cm³/mol. The van der Waals surface area contributed by atoms with Crippen LogP contribution < -0.4 is 11.0 Å². The summed E-state index contributed by atoms with van der Waals surface area (Å²) in [5.41, 5.74) is 0.138. The molecule has 0 spiro atoms. The van der Waals surface area contributed by atoms with Gasteiger partial charge in [0.1, 0.15) is 0 Å². The summed E-state index contributed by atoms with van der Waals surface area (Å²) in [6, 6.07) is 0.585. The van der Waals surface area contributed by atoms with Gasteiger partial charge in [0.2, 0.25) is 0 Å². The van der Waals surface area contributed by atoms with E-state index < -0.39 is 0 Å². The lowest BCUT2D eigenvalue weighted by atomic mass is 10.1. The molecule has 0 saturated heterocycles. The zero-order valence-corrected chi connectivity index (χ0v) is 12.7. The van der Waals surface area contributed by atoms with Crippen molar-refractivity contribution in [3.8, 4) is 0 Å². The van der Waals surface area contributed by atoms with Crippen LogP contribution in [0.5, 0.6) is 0 Å². The third kappa shape index (κ3) is 5.64. The lowest BCUT2D eigenvalue weighted by Gasteiger charge is -2.12. The summed E-state index contributed by atoms with van der Waals surface area (Å²) in [5.74, 6) is 0. The highest BCUT2D eigenvalue weighted by atomic mass is 16.1. The van der Waals surface area contributed by atoms with Gasteiger partial charge >= 0.3 is 5.69 Å². The molecule has 0 fully saturated rings. The Morgan fingerprint density at radius 2 is 1.79 bits per heavy atom. The van der Waals surface area contributed by atoms with Gasteiger partial charge in [-0.05, 0) is 39.2 Å². The van der Waals surface area contributed by atoms with Gasteiger partial charge in [0, 0.05) is 31.5 Å². The molecule has 110 valence electrons. The van der Waals surface area contributed by atoms with Crippen molar-refractivity contribution in [3.63, 3.8) is 0 Å². The first kappa shape index (κ1) is 16.0. The maximum absolute atomic E-state index is 11.9. The molecule has 0 aliphatic rings. The summed E-state index contributed by atoms with van der Waals surface area (Å²) in [7, 11) is 0. The van der Waals surface area contributed by atoms with Crippen molar-refractivity contribution >= 4 is 0 Å². The Labute approximate surface area is 116 Å². The smallest absolute Gasteiger partial charge is 0.314 e. The molecular weight excluding hydrogens is 238 g/mol. The molecule has 19 heavy (non-hydrogen) atoms. The summed E-state index contributed by atoms with van der Waals surface area (Å²) in [5, 5.41) is 3.49. The van der Waals surface area contributed by atoms with Gasteiger partial charge in [-0.25, -0.2) is 4.79 Å². The quantitative estimate of drug-likeness (QED) is 0.662. The van der Waals surface area contributed by atoms with E-state index in [1.54, 1.807) is 4.57 Å². The van der Waals surface area contributed by atoms with Gasteiger partial charge in [0.15, 0.2) is 0 Å². The van der Waals surface area contributed by atoms with E-state index in [-0.39, 0.29) is 5.69 Å². The first-order chi connectivity index (χ1) is 9.19. The van der Waals surface area contributed by atoms with Gasteiger partial charge in [-0.3, -0.25) is 9.13 Å². The summed E-state index contributed by atoms with van der Waals surface area (Å²) >= 11 is 0. The molecule has 0 aromatic carbocycles. The molecule has 0 aliphatic carbocycles. The van der Waals surface area contributed by atoms with Crippen molar-refractivity contribution in [3.05, 3.63) is 22.9 Å². The second-order valence-electron chi connectivity index (χ2n) is 5.32. The highest BCUT2D eigenvalue weighted by Crippen LogP contribution is 2.02. The maximum atomic E-state index is 11.9. The van der Waals surface area contributed by atoms with Gasteiger partial charge in [-0.15, -0.1) is 0 Å². The molecule has 0 saturated carbocycles. The van der Waals surface area contributed by atoms with Gasteiger partial charge < -0.3 is 5.32 Å². The molecule has 1 atom stereocenters. The van der Waals surface area contributed by atoms with E-state index in [1.165, 1.54) is 19.3 Å². The number of nitrogens with zero attached hydrogens (tertiary/aromatic N) is 2. The van der Waals surface area contributed by atoms with Crippen LogP contribution in [0.1, 0.15) is 52.9 Å². The van der Waals surface area contributed by atoms with Crippen LogP contribution in [-0.4, -0.2) is 21.7 Å². The first-order valence-corrected chi connectivity index (χ1v) is 7.68. The SMILES string of the molecule is CCCNC(C)CCCCn1ccn(CCC)c1=O. The predicted octanol–water partition coefficient (Wildman–Crippen LogP) is 2.62. The Balaban J connectivity index is 2.24. The molecule has 1 aromatic heterocycles. The third-order valence-corrected chi connectivity index (χ3v) is 3.41. The van der Waals surface area contributed by atoms with Crippen molar-refractivity contribution in [2.75, 3.05) is 6.54 Å². The van der Waals surface area contributed by atoms with E-state index in [9.17, 15) is 4.79 Å². The number of aryl methyl sites for hydroxylation is 2. The van der Waals surface area contributed by atoms with E-state index in [2.05, 4.69) is 26.1 Å². The molecule has 1 unspecified atom stereocenters. The van der Waals surface area contributed by atoms with Crippen LogP contribution in [0, 0.1) is 0 Å². The van der Waals surface area contributed by atoms with Crippen LogP contribution in [0.15, 0.2) is 17.2 Å². The topological polar surface area (TPSA) is 39.0 Å². The second-order valence-corrected chi connectivity index (χ2v) is 5.32. The zero-order chi connectivity index (χ0) is 14.1. The van der Waals surface area contributed by atoms with Crippen LogP contribution in [0.3, 0.4) is 0 Å². The lowest BCUT2D eigenvalue weighted by Crippen LogP contribution is -2.27. The average molecular weight is 267 g/mol. The highest BCUT2D eigenvalue weighted by molar-refractivity contribution is 4.81. The van der Waals surface area contributed by atoms with Crippen molar-refractivity contribution in [1.82, 2.24) is 14.5 Å². The number of hydrogen-bond acceptors (Lipinski definition) is 2. The molecule has 0 aliphatic heterocycles. The maximum Gasteiger partial charge on any atom is 0.328 e. The summed E-state index contributed by atoms with van der Waals surface area (Å²) in [4.78, 5) is 11.9. The number of imidazole rings is 1. The zero-order valence-electron chi connectivity index (χ0n) is 12.7. The number of nitrogens with one attached hydrogen (secondary N) is 1. The van der Waals surface area contributed by atoms with E-state index in [4.69, 9.17) is 0 Å². The van der Waals surface area contributed by atoms with Crippen LogP contribution in [0.2, 0.25) is 0 Å². The van der Waals surface area contributed by atoms with E-state index in [0.29, 0.717) is 6.04 Å². The molecule has 4 nitrogen and oxygen atoms in total. The third-order valence-electron chi connectivity index (χ3n) is 3.41. The van der Waals surface area contributed by atoms with Crippen molar-refractivity contribution < 1.29 is 0 Å². The molecule has 1 aromatic rings. The van der Waals surface area contributed by atoms with E-state index in [0.717, 1.165) is 32.5 Å². The lowest BCUT2D eigenvalue weighted by molar-refractivity contribution is 0.471. The molecule has 1 N–H and O–H groups in total. The molecule has 0 amide bonds. The van der Waals surface area contributed by atoms with Crippen LogP contribution >= 0.6 is 0 Å². The summed E-state index contributed by atoms with van der Waals surface area (Å²) in [6.07, 6.45) is 9.44. The molecular formula is C15H29N3O. The average Bonchev–Trinajstić information content (AvgIpc) is 2.74. The van der Waals surface area contributed by atoms with Crippen molar-refractivity contribution in [1.29, 1.82) is 0 Å². The standard InChI is InChI=1S/C15H29N3O/c1-4-9-16-14(3)8-6-7-11-18-13-12-17(10-5-2)15(18)19/h12-14,16H,4-11H2,1-3H3. The molecule has 0 bridgehead atoms. The fourth-order valence-electron chi connectivity index (χ4n) is 2.26. The van der Waals surface area contributed by atoms with Gasteiger partial charge in [0.25, 0.3) is 0 Å². The number of aromatic nitrogens is 2. The Morgan fingerprint density at radius 1 is 1.11 bits per heavy atom. The summed E-state index contributed by atoms with van der Waals surface area (Å²) in [6.45, 7) is 9.28. The Bertz CT molecular complexity index is 394. The minimum atomic E-state index is 0.138. The molecule has 1 rings (SSSR count). The number of unbranched alkanes of at least 4 members (excludes halogenated alkanes) is 1. The van der Waals surface area contributed by atoms with Crippen LogP contribution in [0.4, 0.5) is 0 Å². The first-order valence-electron chi connectivity index (χ1n) is 7.68. The largest absolute Gasteiger partial charge is 0.328 e. The minimum Gasteiger partial charge on any atom is -0.314 e. The fraction of sp³-hybridized carbons (Fsp3) is 0.800. The normalized spacial score (nSPS) is 12.8. The number of hydrogen-bond donors (Lipinski definition) is 1. The molecule has 4 heteroatoms. The van der Waals surface area contributed by atoms with Gasteiger partial charge in [-0.2, -0.15) is 0 Å². The Kier molecular flexibility index (Phi) is 7.56. The van der Waals surface area contributed by atoms with Gasteiger partial charge in [-0.1, -0.05) is 20.3 Å². The minimum absolute atomic E-state index is 0.138. The Hall–Kier alpha value is -1.03. The van der Waals surface area contributed by atoms with Gasteiger partial charge in [0.05, 0.1) is 0 Å². The molecule has 1 heterocycles. The van der Waals surface area contributed by atoms with Crippen LogP contribution in [-0.2, 0) is 13.1 Å². The summed E-state index contributed by atoms with van der Waals surface area (Å²) < 4.78 is 3.63. The van der Waals surface area contributed by atoms with Crippen molar-refractivity contribution in [2.24, 2.45) is 0 Å². The van der Waals surface area contributed by atoms with Crippen molar-refractivity contribution in [2.45, 2.75) is 72.0 Å². The molecule has 0 radical (unpaired) electrons. The highest BCUT2D eigenvalue weighted by Gasteiger charge is 2.03.